The molecule has 0 rings (SSSR count). The minimum absolute atomic E-state index is 0. The topological polar surface area (TPSA) is 80.3 Å². The molecule has 0 N–H and O–H groups in total. The van der Waals surface area contributed by atoms with Gasteiger partial charge in [-0.1, -0.05) is 0 Å². The Morgan fingerprint density at radius 2 is 1.33 bits per heavy atom. The van der Waals surface area contributed by atoms with Gasteiger partial charge in [-0.2, -0.15) is 0 Å². The molecule has 0 fully saturated rings. The molecule has 0 aromatic rings. The smallest absolute Gasteiger partial charge is 0.759 e. The molecule has 0 bridgehead atoms. The van der Waals surface area contributed by atoms with Crippen LogP contribution in [0.5, 0.6) is 0 Å². The van der Waals surface area contributed by atoms with Gasteiger partial charge >= 0.3 is 1.43 Å². The van der Waals surface area contributed by atoms with Crippen LogP contribution in [0, 0.1) is 0 Å². The van der Waals surface area contributed by atoms with Crippen LogP contribution in [0.1, 0.15) is 1.43 Å². The van der Waals surface area contributed by atoms with Gasteiger partial charge in [-0.25, -0.2) is 0 Å². The molecule has 0 heterocycles. The molecule has 0 unspecified atom stereocenters. The zero-order chi connectivity index (χ0) is 4.50. The predicted octanol–water partition coefficient (Wildman–Crippen LogP) is -1.23. The summed E-state index contributed by atoms with van der Waals surface area (Å²) in [5.41, 5.74) is 0. The van der Waals surface area contributed by atoms with Crippen LogP contribution in [0.2, 0.25) is 0 Å². The maximum atomic E-state index is 8.52. The third-order valence-corrected chi connectivity index (χ3v) is 0. The Morgan fingerprint density at radius 1 is 1.33 bits per heavy atom. The van der Waals surface area contributed by atoms with Crippen molar-refractivity contribution in [2.45, 2.75) is 0 Å². The Balaban J connectivity index is -0.0000000800. The molecule has 0 aliphatic rings. The van der Waals surface area contributed by atoms with E-state index < -0.39 is 10.4 Å². The van der Waals surface area contributed by atoms with Gasteiger partial charge in [0.05, 0.1) is 0 Å². The third-order valence-electron chi connectivity index (χ3n) is 0. The van der Waals surface area contributed by atoms with E-state index in [4.69, 9.17) is 17.5 Å². The van der Waals surface area contributed by atoms with Gasteiger partial charge in [-0.15, -0.1) is 0 Å². The van der Waals surface area contributed by atoms with Gasteiger partial charge in [-0.3, -0.25) is 8.42 Å². The average molecular weight is 152 g/mol. The van der Waals surface area contributed by atoms with Crippen LogP contribution >= 0.6 is 0 Å². The number of hydrogen-bond donors (Lipinski definition) is 0. The monoisotopic (exact) mass is 152 g/mol. The molecule has 0 aromatic heterocycles. The van der Waals surface area contributed by atoms with Crippen LogP contribution in [-0.4, -0.2) is 17.5 Å². The molecule has 0 saturated heterocycles. The van der Waals surface area contributed by atoms with Gasteiger partial charge in [0.15, 0.2) is 0 Å². The van der Waals surface area contributed by atoms with E-state index in [1.807, 2.05) is 0 Å². The Bertz CT molecular complexity index is 94.9. The summed E-state index contributed by atoms with van der Waals surface area (Å²) in [5.74, 6) is 0. The molecule has 6 heteroatoms. The first-order valence-electron chi connectivity index (χ1n) is 0.667. The average Bonchev–Trinajstić information content (AvgIpc) is 0.722. The molecular weight excluding hydrogens is 151 g/mol. The molecule has 4 nitrogen and oxygen atoms in total. The molecular formula is HMnO4S-. The second-order valence-corrected chi connectivity index (χ2v) is 1.22. The van der Waals surface area contributed by atoms with E-state index in [0.717, 1.165) is 0 Å². The Morgan fingerprint density at radius 3 is 1.33 bits per heavy atom. The zero-order valence-corrected chi connectivity index (χ0v) is 4.42. The molecule has 0 saturated carbocycles. The van der Waals surface area contributed by atoms with E-state index >= 15 is 0 Å². The van der Waals surface area contributed by atoms with Crippen molar-refractivity contribution in [3.8, 4) is 0 Å². The SMILES string of the molecule is O=S(=O)([O-])[O-].[H+].[Mn]. The molecule has 0 spiro atoms. The van der Waals surface area contributed by atoms with Crippen molar-refractivity contribution in [2.75, 3.05) is 0 Å². The van der Waals surface area contributed by atoms with Crippen molar-refractivity contribution in [3.63, 3.8) is 0 Å². The summed E-state index contributed by atoms with van der Waals surface area (Å²) < 4.78 is 34.1. The van der Waals surface area contributed by atoms with Crippen LogP contribution in [0.15, 0.2) is 0 Å². The van der Waals surface area contributed by atoms with Crippen molar-refractivity contribution in [3.05, 3.63) is 0 Å². The summed E-state index contributed by atoms with van der Waals surface area (Å²) in [6, 6.07) is 0. The van der Waals surface area contributed by atoms with E-state index in [9.17, 15) is 0 Å². The Labute approximate surface area is 47.1 Å². The Kier molecular flexibility index (Phi) is 4.08. The summed E-state index contributed by atoms with van der Waals surface area (Å²) in [4.78, 5) is 0. The third kappa shape index (κ3) is 332. The molecule has 1 radical (unpaired) electrons. The van der Waals surface area contributed by atoms with E-state index in [1.165, 1.54) is 0 Å². The van der Waals surface area contributed by atoms with E-state index in [1.54, 1.807) is 0 Å². The van der Waals surface area contributed by atoms with Crippen molar-refractivity contribution in [1.29, 1.82) is 0 Å². The maximum absolute atomic E-state index is 8.52. The van der Waals surface area contributed by atoms with Gasteiger partial charge < -0.3 is 9.11 Å². The fraction of sp³-hybridized carbons (Fsp3) is 0. The van der Waals surface area contributed by atoms with Gasteiger partial charge in [0.2, 0.25) is 0 Å². The van der Waals surface area contributed by atoms with Crippen molar-refractivity contribution >= 4 is 10.4 Å². The fourth-order valence-electron chi connectivity index (χ4n) is 0. The Hall–Kier alpha value is 0.389. The van der Waals surface area contributed by atoms with Crippen LogP contribution in [0.4, 0.5) is 0 Å². The van der Waals surface area contributed by atoms with E-state index in [-0.39, 0.29) is 18.5 Å². The fourth-order valence-corrected chi connectivity index (χ4v) is 0. The van der Waals surface area contributed by atoms with Crippen molar-refractivity contribution in [2.24, 2.45) is 0 Å². The first-order chi connectivity index (χ1) is 2.00. The standard InChI is InChI=1S/Mn.H2O4S/c;1-5(2,3)4/h;(H2,1,2,3,4)/p-1. The van der Waals surface area contributed by atoms with Gasteiger partial charge in [0, 0.05) is 27.5 Å². The minimum Gasteiger partial charge on any atom is -0.759 e. The number of rotatable bonds is 0. The molecule has 0 aromatic carbocycles. The number of hydrogen-bond acceptors (Lipinski definition) is 4. The molecule has 6 heavy (non-hydrogen) atoms. The van der Waals surface area contributed by atoms with E-state index in [0.29, 0.717) is 0 Å². The molecule has 0 atom stereocenters. The molecule has 0 amide bonds. The summed E-state index contributed by atoms with van der Waals surface area (Å²) >= 11 is 0. The van der Waals surface area contributed by atoms with Crippen LogP contribution in [0.25, 0.3) is 0 Å². The van der Waals surface area contributed by atoms with E-state index in [2.05, 4.69) is 0 Å². The summed E-state index contributed by atoms with van der Waals surface area (Å²) in [7, 11) is -5.17. The molecule has 0 aliphatic carbocycles. The largest absolute Gasteiger partial charge is 1.00 e. The quantitative estimate of drug-likeness (QED) is 0.247. The van der Waals surface area contributed by atoms with Gasteiger partial charge in [-0.05, 0) is 0 Å². The second-order valence-electron chi connectivity index (χ2n) is 0.408. The molecule has 0 aliphatic heterocycles. The van der Waals surface area contributed by atoms with Crippen LogP contribution in [-0.2, 0) is 27.5 Å². The van der Waals surface area contributed by atoms with Crippen LogP contribution < -0.4 is 0 Å². The molecule has 39 valence electrons. The zero-order valence-electron chi connectivity index (χ0n) is 3.42. The van der Waals surface area contributed by atoms with Crippen LogP contribution in [0.3, 0.4) is 0 Å². The second kappa shape index (κ2) is 2.54. The maximum Gasteiger partial charge on any atom is 1.00 e. The van der Waals surface area contributed by atoms with Crippen molar-refractivity contribution < 1.29 is 36.0 Å². The minimum atomic E-state index is -5.17. The normalized spacial score (nSPS) is 9.67. The summed E-state index contributed by atoms with van der Waals surface area (Å²) in [5, 5.41) is 0. The van der Waals surface area contributed by atoms with Gasteiger partial charge in [0.25, 0.3) is 0 Å². The first-order valence-corrected chi connectivity index (χ1v) is 2.00. The van der Waals surface area contributed by atoms with Gasteiger partial charge in [0.1, 0.15) is 0 Å². The first kappa shape index (κ1) is 9.63. The summed E-state index contributed by atoms with van der Waals surface area (Å²) in [6.07, 6.45) is 0. The summed E-state index contributed by atoms with van der Waals surface area (Å²) in [6.45, 7) is 0. The predicted molar refractivity (Wildman–Crippen MR) is 11.6 cm³/mol. The van der Waals surface area contributed by atoms with Crippen molar-refractivity contribution in [1.82, 2.24) is 0 Å².